The molecule has 0 aliphatic carbocycles. The van der Waals surface area contributed by atoms with E-state index in [1.165, 1.54) is 61.4 Å². The van der Waals surface area contributed by atoms with E-state index < -0.39 is 49.1 Å². The smallest absolute Gasteiger partial charge is 0.415 e. The van der Waals surface area contributed by atoms with Crippen LogP contribution < -0.4 is 30.2 Å². The van der Waals surface area contributed by atoms with Gasteiger partial charge in [-0.15, -0.1) is 65.4 Å². The van der Waals surface area contributed by atoms with Crippen LogP contribution in [-0.2, 0) is 72.7 Å². The second kappa shape index (κ2) is 37.4. The standard InChI is InChI=1S/C29H30BN3.C29H29BN3.2C28H25N2.C3H7.2CH3.2Ir/c2*1-21-12-11-13-22(2)28(21)30-32(24-14-7-6-8-15-24)25-16-9-10-17-26(25)33(30)27-20-23(18-19-31-27)29(3,4)5;2*1-17-15-16-21-24-22(17)19-13-9-10-14-20(19)26-29-23(18-11-7-6-8-12-18)25(30(24)26)28(4,5)27(21,2)3;1-3-2;;;;/h6-20H,1-5H3;6-16,18-20H,1-5H3;2*6-13,15-16H,1-5H3;3H,1-2H3;2*1H3;;/q;3*-1;+1;2*-1;;+3/i;;2*1D3,4D3;;;;;. The van der Waals surface area contributed by atoms with E-state index in [9.17, 15) is 0 Å². The fourth-order valence-corrected chi connectivity index (χ4v) is 19.8. The largest absolute Gasteiger partial charge is 3.00 e. The Balaban J connectivity index is 0.000000150. The van der Waals surface area contributed by atoms with Crippen LogP contribution in [0.15, 0.2) is 298 Å². The van der Waals surface area contributed by atoms with Crippen molar-refractivity contribution >= 4 is 125 Å². The van der Waals surface area contributed by atoms with Crippen molar-refractivity contribution in [1.29, 1.82) is 0 Å². The van der Waals surface area contributed by atoms with Crippen molar-refractivity contribution in [3.63, 3.8) is 0 Å². The number of pyridine rings is 4. The van der Waals surface area contributed by atoms with Gasteiger partial charge < -0.3 is 42.9 Å². The Morgan fingerprint density at radius 2 is 0.737 bits per heavy atom. The van der Waals surface area contributed by atoms with Gasteiger partial charge in [0.1, 0.15) is 11.6 Å². The van der Waals surface area contributed by atoms with Crippen LogP contribution in [0.4, 0.5) is 45.8 Å². The monoisotopic (exact) mass is 2110 g/mol. The quantitative estimate of drug-likeness (QED) is 0.0846. The van der Waals surface area contributed by atoms with E-state index in [4.69, 9.17) is 36.4 Å². The fourth-order valence-electron chi connectivity index (χ4n) is 19.8. The molecular formula is C119H122B2Ir2N10-. The molecule has 12 aromatic carbocycles. The van der Waals surface area contributed by atoms with Gasteiger partial charge in [0.05, 0.1) is 54.3 Å². The number of hydrogen-bond acceptors (Lipinski definition) is 8. The van der Waals surface area contributed by atoms with Gasteiger partial charge in [-0.1, -0.05) is 322 Å². The summed E-state index contributed by atoms with van der Waals surface area (Å²) in [5, 5.41) is 4.04. The molecule has 133 heavy (non-hydrogen) atoms. The third kappa shape index (κ3) is 16.3. The van der Waals surface area contributed by atoms with Crippen LogP contribution in [-0.4, -0.2) is 42.7 Å². The number of imidazole rings is 2. The van der Waals surface area contributed by atoms with Gasteiger partial charge in [-0.25, -0.2) is 9.97 Å². The molecule has 2 atom stereocenters. The Morgan fingerprint density at radius 1 is 0.383 bits per heavy atom. The molecule has 10 heterocycles. The third-order valence-electron chi connectivity index (χ3n) is 27.2. The SMILES string of the molecule is C[CH+]C.Cc1cccc(C)c1B1N(c2cc(C(C)(C)C)ccn2)c2[c-]cccc2N1c1ccccc1.Cc1cccc(C)c1B1N(c2ccccc2)c2ccccc2N1c1cc(C(C)(C)C)ccn1.[2H]C([2H])([2H])c1ccc2c3c1c1ccc[c-]c1c1nc(-c4ccccc4)c(n13)C(C)(C([2H])([2H])[2H])C2(C)C.[2H]C([2H])([2H])c1ccc2c3c1c1ccc[c-]c1c1nc(-c4ccccc4)c(n13)C(C)(C([2H])([2H])[2H])C2(C)C.[CH3-].[CH3-].[Ir+3].[Ir]. The zero-order valence-electron chi connectivity index (χ0n) is 91.7. The normalized spacial score (nSPS) is 17.5. The molecule has 673 valence electrons. The Bertz CT molecular complexity index is 7350. The molecule has 6 aromatic heterocycles. The van der Waals surface area contributed by atoms with Gasteiger partial charge in [-0.05, 0) is 157 Å². The molecule has 0 N–H and O–H groups in total. The molecule has 14 heteroatoms. The van der Waals surface area contributed by atoms with E-state index in [2.05, 4.69) is 264 Å². The van der Waals surface area contributed by atoms with Gasteiger partial charge in [0.25, 0.3) is 0 Å². The van der Waals surface area contributed by atoms with Crippen LogP contribution in [0, 0.1) is 80.9 Å². The molecule has 0 fully saturated rings. The zero-order chi connectivity index (χ0) is 101. The van der Waals surface area contributed by atoms with Crippen LogP contribution in [0.25, 0.3) is 77.2 Å². The minimum Gasteiger partial charge on any atom is -0.415 e. The summed E-state index contributed by atoms with van der Waals surface area (Å²) >= 11 is 0. The molecule has 0 saturated heterocycles. The van der Waals surface area contributed by atoms with Crippen molar-refractivity contribution in [3.8, 4) is 22.5 Å². The number of fused-ring (bicyclic) bond motifs is 8. The van der Waals surface area contributed by atoms with Gasteiger partial charge in [0.15, 0.2) is 0 Å². The van der Waals surface area contributed by atoms with Gasteiger partial charge in [0, 0.05) is 116 Å². The first-order valence-corrected chi connectivity index (χ1v) is 44.7. The van der Waals surface area contributed by atoms with E-state index in [1.54, 1.807) is 50.2 Å². The van der Waals surface area contributed by atoms with Crippen molar-refractivity contribution in [3.05, 3.63) is 404 Å². The molecule has 0 bridgehead atoms. The molecular weight excluding hydrogens is 1980 g/mol. The maximum absolute atomic E-state index is 8.77. The van der Waals surface area contributed by atoms with Crippen LogP contribution in [0.2, 0.25) is 0 Å². The molecule has 0 amide bonds. The first-order valence-electron chi connectivity index (χ1n) is 50.7. The minimum absolute atomic E-state index is 0. The molecule has 10 nitrogen and oxygen atoms in total. The second-order valence-corrected chi connectivity index (χ2v) is 38.1. The topological polar surface area (TPSA) is 73.3 Å². The van der Waals surface area contributed by atoms with Crippen LogP contribution in [0.5, 0.6) is 0 Å². The minimum atomic E-state index is -2.38. The number of anilines is 8. The number of nitrogens with zero attached hydrogens (tertiary/aromatic N) is 10. The summed E-state index contributed by atoms with van der Waals surface area (Å²) in [6, 6.07) is 105. The van der Waals surface area contributed by atoms with Crippen LogP contribution in [0.3, 0.4) is 0 Å². The van der Waals surface area contributed by atoms with Crippen molar-refractivity contribution in [2.45, 2.75) is 185 Å². The van der Waals surface area contributed by atoms with E-state index in [0.29, 0.717) is 66.6 Å². The molecule has 4 aliphatic heterocycles. The van der Waals surface area contributed by atoms with Gasteiger partial charge in [-0.2, -0.15) is 18.2 Å². The average molecular weight is 2110 g/mol. The van der Waals surface area contributed by atoms with Crippen molar-refractivity contribution in [2.24, 2.45) is 0 Å². The third-order valence-corrected chi connectivity index (χ3v) is 27.2. The Hall–Kier alpha value is -12.1. The van der Waals surface area contributed by atoms with E-state index >= 15 is 0 Å². The van der Waals surface area contributed by atoms with Crippen molar-refractivity contribution in [1.82, 2.24) is 28.7 Å². The van der Waals surface area contributed by atoms with Crippen LogP contribution in [0.1, 0.15) is 194 Å². The predicted molar refractivity (Wildman–Crippen MR) is 561 cm³/mol. The number of hydrogen-bond donors (Lipinski definition) is 0. The first-order chi connectivity index (χ1) is 66.7. The van der Waals surface area contributed by atoms with E-state index in [0.717, 1.165) is 61.7 Å². The first kappa shape index (κ1) is 81.6. The molecule has 0 spiro atoms. The molecule has 0 saturated carbocycles. The number of para-hydroxylation sites is 5. The van der Waals surface area contributed by atoms with Crippen molar-refractivity contribution in [2.75, 3.05) is 19.2 Å². The van der Waals surface area contributed by atoms with E-state index in [-0.39, 0.29) is 91.0 Å². The number of aryl methyl sites for hydroxylation is 6. The molecule has 18 aromatic rings. The zero-order valence-corrected chi connectivity index (χ0v) is 84.5. The fraction of sp³-hybridized carbons (Fsp3) is 0.235. The summed E-state index contributed by atoms with van der Waals surface area (Å²) in [7, 11) is 0. The predicted octanol–water partition coefficient (Wildman–Crippen LogP) is 29.3. The second-order valence-electron chi connectivity index (χ2n) is 38.1. The Kier molecular flexibility index (Phi) is 22.9. The maximum atomic E-state index is 8.77. The number of aromatic nitrogens is 6. The summed E-state index contributed by atoms with van der Waals surface area (Å²) in [5.41, 5.74) is 21.5. The van der Waals surface area contributed by atoms with Crippen molar-refractivity contribution < 1.29 is 56.7 Å². The van der Waals surface area contributed by atoms with Gasteiger partial charge in [0.2, 0.25) is 0 Å². The summed E-state index contributed by atoms with van der Waals surface area (Å²) < 4.78 is 106. The summed E-state index contributed by atoms with van der Waals surface area (Å²) in [4.78, 5) is 29.6. The molecule has 4 aliphatic rings. The van der Waals surface area contributed by atoms with E-state index in [1.807, 2.05) is 160 Å². The maximum Gasteiger partial charge on any atom is 3.00 e. The summed E-state index contributed by atoms with van der Waals surface area (Å²) in [6.45, 7) is 28.1. The summed E-state index contributed by atoms with van der Waals surface area (Å²) in [5.74, 6) is 1.91. The Labute approximate surface area is 835 Å². The van der Waals surface area contributed by atoms with Gasteiger partial charge >= 0.3 is 34.1 Å². The van der Waals surface area contributed by atoms with Gasteiger partial charge in [-0.3, -0.25) is 9.97 Å². The average Bonchev–Trinajstić information content (AvgIpc) is 1.64. The molecule has 1 radical (unpaired) electrons. The number of rotatable bonds is 8. The summed E-state index contributed by atoms with van der Waals surface area (Å²) in [6.07, 6.45) is 5.89. The van der Waals surface area contributed by atoms with Crippen LogP contribution >= 0.6 is 0 Å². The number of benzene rings is 12. The Morgan fingerprint density at radius 3 is 1.14 bits per heavy atom. The molecule has 22 rings (SSSR count). The molecule has 2 unspecified atom stereocenters.